The van der Waals surface area contributed by atoms with E-state index in [0.29, 0.717) is 36.1 Å². The summed E-state index contributed by atoms with van der Waals surface area (Å²) in [7, 11) is 0. The highest BCUT2D eigenvalue weighted by Crippen LogP contribution is 2.28. The van der Waals surface area contributed by atoms with Gasteiger partial charge in [0, 0.05) is 0 Å². The Kier molecular flexibility index (Phi) is 5.84. The minimum absolute atomic E-state index is 0.294. The number of amides is 1. The third-order valence-electron chi connectivity index (χ3n) is 2.63. The van der Waals surface area contributed by atoms with E-state index in [-0.39, 0.29) is 5.75 Å². The van der Waals surface area contributed by atoms with Crippen molar-refractivity contribution in [1.82, 2.24) is 5.32 Å². The van der Waals surface area contributed by atoms with Crippen LogP contribution in [0.3, 0.4) is 0 Å². The van der Waals surface area contributed by atoms with E-state index in [1.54, 1.807) is 11.8 Å². The first kappa shape index (κ1) is 16.5. The Hall–Kier alpha value is -0.570. The summed E-state index contributed by atoms with van der Waals surface area (Å²) in [6.45, 7) is 0. The Morgan fingerprint density at radius 1 is 1.32 bits per heavy atom. The lowest BCUT2D eigenvalue weighted by atomic mass is 9.92. The molecule has 0 atom stereocenters. The van der Waals surface area contributed by atoms with Crippen molar-refractivity contribution in [3.05, 3.63) is 0 Å². The molecular weight excluding hydrogens is 303 g/mol. The lowest BCUT2D eigenvalue weighted by Crippen LogP contribution is -2.57. The van der Waals surface area contributed by atoms with E-state index in [1.807, 2.05) is 0 Å². The average Bonchev–Trinajstić information content (AvgIpc) is 2.28. The molecule has 0 aromatic heterocycles. The molecule has 1 fully saturated rings. The number of aliphatic carboxylic acids is 1. The quantitative estimate of drug-likeness (QED) is 0.809. The molecule has 9 heteroatoms. The number of thioether (sulfide) groups is 2. The highest BCUT2D eigenvalue weighted by Gasteiger charge is 2.41. The van der Waals surface area contributed by atoms with E-state index in [9.17, 15) is 27.9 Å². The van der Waals surface area contributed by atoms with Crippen LogP contribution in [0.15, 0.2) is 0 Å². The molecule has 0 unspecified atom stereocenters. The van der Waals surface area contributed by atoms with Gasteiger partial charge in [-0.25, -0.2) is 4.79 Å². The molecule has 4 nitrogen and oxygen atoms in total. The Bertz CT molecular complexity index is 343. The predicted octanol–water partition coefficient (Wildman–Crippen LogP) is 1.75. The van der Waals surface area contributed by atoms with Gasteiger partial charge < -0.3 is 10.4 Å². The molecule has 0 bridgehead atoms. The summed E-state index contributed by atoms with van der Waals surface area (Å²) in [5.41, 5.74) is -1.32. The lowest BCUT2D eigenvalue weighted by Gasteiger charge is -2.33. The van der Waals surface area contributed by atoms with Crippen molar-refractivity contribution < 1.29 is 27.9 Å². The van der Waals surface area contributed by atoms with Gasteiger partial charge in [0.25, 0.3) is 0 Å². The number of carboxylic acid groups (broad SMARTS) is 1. The van der Waals surface area contributed by atoms with Gasteiger partial charge >= 0.3 is 12.1 Å². The molecule has 1 heterocycles. The molecule has 1 aliphatic rings. The summed E-state index contributed by atoms with van der Waals surface area (Å²) in [5.74, 6) is -2.06. The molecule has 110 valence electrons. The van der Waals surface area contributed by atoms with Crippen molar-refractivity contribution in [3.63, 3.8) is 0 Å². The van der Waals surface area contributed by atoms with E-state index in [4.69, 9.17) is 0 Å². The van der Waals surface area contributed by atoms with Gasteiger partial charge in [-0.15, -0.1) is 11.8 Å². The first-order valence-corrected chi connectivity index (χ1v) is 7.83. The predicted molar refractivity (Wildman–Crippen MR) is 68.4 cm³/mol. The number of alkyl halides is 3. The van der Waals surface area contributed by atoms with Crippen molar-refractivity contribution in [2.75, 3.05) is 23.0 Å². The molecule has 19 heavy (non-hydrogen) atoms. The van der Waals surface area contributed by atoms with Crippen LogP contribution >= 0.6 is 23.5 Å². The summed E-state index contributed by atoms with van der Waals surface area (Å²) in [6, 6.07) is 0. The lowest BCUT2D eigenvalue weighted by molar-refractivity contribution is -0.147. The van der Waals surface area contributed by atoms with Crippen molar-refractivity contribution in [1.29, 1.82) is 0 Å². The third kappa shape index (κ3) is 5.52. The van der Waals surface area contributed by atoms with Gasteiger partial charge in [-0.2, -0.15) is 24.9 Å². The van der Waals surface area contributed by atoms with Crippen LogP contribution in [-0.4, -0.2) is 51.7 Å². The Balaban J connectivity index is 2.46. The SMILES string of the molecule is O=C(CSCC(F)(F)F)NC1(C(=O)O)CCSCC1. The molecule has 2 N–H and O–H groups in total. The number of halogens is 3. The van der Waals surface area contributed by atoms with Crippen LogP contribution in [0.4, 0.5) is 13.2 Å². The Morgan fingerprint density at radius 2 is 1.89 bits per heavy atom. The first-order valence-electron chi connectivity index (χ1n) is 5.52. The fourth-order valence-corrected chi connectivity index (χ4v) is 3.46. The van der Waals surface area contributed by atoms with Gasteiger partial charge in [0.2, 0.25) is 5.91 Å². The molecule has 0 radical (unpaired) electrons. The molecule has 1 aliphatic heterocycles. The van der Waals surface area contributed by atoms with Gasteiger partial charge in [0.05, 0.1) is 11.5 Å². The van der Waals surface area contributed by atoms with Gasteiger partial charge in [0.1, 0.15) is 5.54 Å². The molecular formula is C10H14F3NO3S2. The van der Waals surface area contributed by atoms with E-state index < -0.39 is 29.3 Å². The van der Waals surface area contributed by atoms with Gasteiger partial charge in [-0.3, -0.25) is 4.79 Å². The zero-order valence-electron chi connectivity index (χ0n) is 9.96. The molecule has 0 aromatic rings. The minimum atomic E-state index is -4.32. The summed E-state index contributed by atoms with van der Waals surface area (Å²) >= 11 is 2.03. The molecule has 1 rings (SSSR count). The van der Waals surface area contributed by atoms with Crippen LogP contribution in [0.25, 0.3) is 0 Å². The van der Waals surface area contributed by atoms with Crippen LogP contribution in [0, 0.1) is 0 Å². The maximum atomic E-state index is 11.9. The second kappa shape index (κ2) is 6.74. The minimum Gasteiger partial charge on any atom is -0.480 e. The molecule has 1 saturated heterocycles. The fraction of sp³-hybridized carbons (Fsp3) is 0.800. The second-order valence-electron chi connectivity index (χ2n) is 4.16. The number of rotatable bonds is 5. The average molecular weight is 317 g/mol. The molecule has 1 amide bonds. The second-order valence-corrected chi connectivity index (χ2v) is 6.37. The molecule has 0 spiro atoms. The zero-order chi connectivity index (χ0) is 14.5. The van der Waals surface area contributed by atoms with E-state index in [0.717, 1.165) is 0 Å². The van der Waals surface area contributed by atoms with Crippen molar-refractivity contribution in [3.8, 4) is 0 Å². The smallest absolute Gasteiger partial charge is 0.397 e. The summed E-state index contributed by atoms with van der Waals surface area (Å²) in [5, 5.41) is 11.6. The highest BCUT2D eigenvalue weighted by molar-refractivity contribution is 8.00. The van der Waals surface area contributed by atoms with Gasteiger partial charge in [-0.1, -0.05) is 0 Å². The largest absolute Gasteiger partial charge is 0.480 e. The number of hydrogen-bond acceptors (Lipinski definition) is 4. The summed E-state index contributed by atoms with van der Waals surface area (Å²) < 4.78 is 35.8. The zero-order valence-corrected chi connectivity index (χ0v) is 11.6. The maximum absolute atomic E-state index is 11.9. The van der Waals surface area contributed by atoms with Gasteiger partial charge in [-0.05, 0) is 24.3 Å². The standard InChI is InChI=1S/C10H14F3NO3S2/c11-10(12,13)6-19-5-7(15)14-9(8(16)17)1-3-18-4-2-9/h1-6H2,(H,14,15)(H,16,17). The Labute approximate surface area is 116 Å². The number of carbonyl (C=O) groups excluding carboxylic acids is 1. The van der Waals surface area contributed by atoms with Crippen molar-refractivity contribution in [2.45, 2.75) is 24.6 Å². The summed E-state index contributed by atoms with van der Waals surface area (Å²) in [4.78, 5) is 22.8. The Morgan fingerprint density at radius 3 is 2.37 bits per heavy atom. The molecule has 0 aromatic carbocycles. The van der Waals surface area contributed by atoms with Crippen LogP contribution in [-0.2, 0) is 9.59 Å². The van der Waals surface area contributed by atoms with E-state index in [2.05, 4.69) is 5.32 Å². The van der Waals surface area contributed by atoms with Crippen molar-refractivity contribution >= 4 is 35.4 Å². The number of hydrogen-bond donors (Lipinski definition) is 2. The third-order valence-corrected chi connectivity index (χ3v) is 4.62. The van der Waals surface area contributed by atoms with E-state index >= 15 is 0 Å². The number of carboxylic acids is 1. The topological polar surface area (TPSA) is 66.4 Å². The number of nitrogens with one attached hydrogen (secondary N) is 1. The van der Waals surface area contributed by atoms with Crippen LogP contribution in [0.1, 0.15) is 12.8 Å². The van der Waals surface area contributed by atoms with Crippen LogP contribution in [0.2, 0.25) is 0 Å². The van der Waals surface area contributed by atoms with Gasteiger partial charge in [0.15, 0.2) is 0 Å². The van der Waals surface area contributed by atoms with Crippen LogP contribution < -0.4 is 5.32 Å². The maximum Gasteiger partial charge on any atom is 0.397 e. The summed E-state index contributed by atoms with van der Waals surface area (Å²) in [6.07, 6.45) is -3.73. The highest BCUT2D eigenvalue weighted by atomic mass is 32.2. The normalized spacial score (nSPS) is 18.9. The van der Waals surface area contributed by atoms with Crippen molar-refractivity contribution in [2.24, 2.45) is 0 Å². The first-order chi connectivity index (χ1) is 8.75. The van der Waals surface area contributed by atoms with Crippen LogP contribution in [0.5, 0.6) is 0 Å². The van der Waals surface area contributed by atoms with E-state index in [1.165, 1.54) is 0 Å². The molecule has 0 aliphatic carbocycles. The fourth-order valence-electron chi connectivity index (χ4n) is 1.67. The molecule has 0 saturated carbocycles. The number of carbonyl (C=O) groups is 2. The monoisotopic (exact) mass is 317 g/mol.